The van der Waals surface area contributed by atoms with Crippen LogP contribution in [0.25, 0.3) is 0 Å². The fourth-order valence-electron chi connectivity index (χ4n) is 9.34. The molecule has 14 nitrogen and oxygen atoms in total. The summed E-state index contributed by atoms with van der Waals surface area (Å²) in [7, 11) is 6.51. The van der Waals surface area contributed by atoms with Gasteiger partial charge in [0, 0.05) is 65.6 Å². The minimum absolute atomic E-state index is 0.0225. The lowest BCUT2D eigenvalue weighted by molar-refractivity contribution is -0.118. The number of carbonyl (C=O) groups excluding carboxylic acids is 4. The first-order chi connectivity index (χ1) is 33.0. The average molecular weight is 957 g/mol. The number of carbonyl (C=O) groups is 4. The van der Waals surface area contributed by atoms with E-state index in [1.165, 1.54) is 0 Å². The van der Waals surface area contributed by atoms with Crippen molar-refractivity contribution in [2.45, 2.75) is 88.2 Å². The summed E-state index contributed by atoms with van der Waals surface area (Å²) in [6.45, 7) is 5.53. The standard InChI is InChI=1S/C52H56N6O8S2/c1-30(13-15-49(53)59)67-68-31(2)14-16-50(60)56-36-18-32(28-65-47-24-41-39(22-45(47)63-3)51(61)57-37(26-54-41)20-34-9-5-7-11-43(34)57)17-33(19-36)29-66-48-25-42-40(23-46(48)64-4)52(62)58-38(27-55-42)21-35-10-6-8-12-44(35)58/h5-12,17-19,22-25,30-31,37-38,54-55H,13-16,20-21,26-29H2,1-4H3,(H2,53,59)(H,56,60)/t30?,31?,37-,38-/m0/s1. The third kappa shape index (κ3) is 10.0. The largest absolute Gasteiger partial charge is 0.493 e. The van der Waals surface area contributed by atoms with E-state index in [2.05, 4.69) is 41.9 Å². The van der Waals surface area contributed by atoms with E-state index in [9.17, 15) is 19.2 Å². The van der Waals surface area contributed by atoms with Crippen LogP contribution in [-0.2, 0) is 35.6 Å². The molecule has 0 saturated heterocycles. The number of methoxy groups -OCH3 is 2. The van der Waals surface area contributed by atoms with Gasteiger partial charge in [0.15, 0.2) is 23.0 Å². The van der Waals surface area contributed by atoms with Crippen LogP contribution in [0.1, 0.15) is 82.5 Å². The lowest BCUT2D eigenvalue weighted by atomic mass is 10.1. The van der Waals surface area contributed by atoms with Gasteiger partial charge in [-0.25, -0.2) is 0 Å². The normalized spacial score (nSPS) is 17.4. The maximum absolute atomic E-state index is 14.1. The number of primary amides is 1. The van der Waals surface area contributed by atoms with Gasteiger partial charge in [0.2, 0.25) is 11.8 Å². The Kier molecular flexibility index (Phi) is 14.0. The molecule has 0 spiro atoms. The lowest BCUT2D eigenvalue weighted by Gasteiger charge is -2.23. The Hall–Kier alpha value is -6.52. The molecule has 5 aromatic rings. The molecule has 4 atom stereocenters. The Morgan fingerprint density at radius 2 is 1.15 bits per heavy atom. The number of nitrogens with one attached hydrogen (secondary N) is 3. The molecular formula is C52H56N6O8S2. The second kappa shape index (κ2) is 20.4. The first-order valence-corrected chi connectivity index (χ1v) is 25.3. The number of anilines is 5. The number of amides is 4. The molecule has 4 heterocycles. The van der Waals surface area contributed by atoms with Crippen LogP contribution in [-0.4, -0.2) is 73.5 Å². The number of nitrogens with zero attached hydrogens (tertiary/aromatic N) is 2. The lowest BCUT2D eigenvalue weighted by Crippen LogP contribution is -2.39. The summed E-state index contributed by atoms with van der Waals surface area (Å²) in [5, 5.41) is 10.6. The van der Waals surface area contributed by atoms with E-state index in [0.717, 1.165) is 46.5 Å². The Morgan fingerprint density at radius 1 is 0.676 bits per heavy atom. The predicted molar refractivity (Wildman–Crippen MR) is 270 cm³/mol. The fraction of sp³-hybridized carbons (Fsp3) is 0.346. The molecule has 0 fully saturated rings. The molecule has 0 saturated carbocycles. The molecule has 5 aromatic carbocycles. The molecule has 354 valence electrons. The van der Waals surface area contributed by atoms with Crippen LogP contribution in [0.5, 0.6) is 23.0 Å². The summed E-state index contributed by atoms with van der Waals surface area (Å²) >= 11 is 0. The van der Waals surface area contributed by atoms with E-state index in [0.29, 0.717) is 90.0 Å². The van der Waals surface area contributed by atoms with Crippen molar-refractivity contribution in [2.24, 2.45) is 5.73 Å². The number of nitrogens with two attached hydrogens (primary N) is 1. The summed E-state index contributed by atoms with van der Waals surface area (Å²) in [5.41, 5.74) is 13.9. The van der Waals surface area contributed by atoms with Crippen LogP contribution < -0.4 is 50.4 Å². The van der Waals surface area contributed by atoms with Crippen molar-refractivity contribution in [1.82, 2.24) is 0 Å². The first kappa shape index (κ1) is 46.6. The molecule has 0 radical (unpaired) electrons. The van der Waals surface area contributed by atoms with Crippen molar-refractivity contribution in [3.8, 4) is 23.0 Å². The average Bonchev–Trinajstić information content (AvgIpc) is 3.83. The van der Waals surface area contributed by atoms with Gasteiger partial charge in [-0.15, -0.1) is 0 Å². The number of para-hydroxylation sites is 2. The van der Waals surface area contributed by atoms with Crippen molar-refractivity contribution in [1.29, 1.82) is 0 Å². The molecule has 9 rings (SSSR count). The van der Waals surface area contributed by atoms with Crippen LogP contribution in [0.2, 0.25) is 0 Å². The fourth-order valence-corrected chi connectivity index (χ4v) is 11.9. The second-order valence-electron chi connectivity index (χ2n) is 17.7. The van der Waals surface area contributed by atoms with Gasteiger partial charge >= 0.3 is 0 Å². The predicted octanol–water partition coefficient (Wildman–Crippen LogP) is 9.00. The highest BCUT2D eigenvalue weighted by molar-refractivity contribution is 8.77. The van der Waals surface area contributed by atoms with Gasteiger partial charge in [-0.05, 0) is 90.4 Å². The van der Waals surface area contributed by atoms with Crippen LogP contribution >= 0.6 is 21.6 Å². The van der Waals surface area contributed by atoms with E-state index >= 15 is 0 Å². The molecule has 4 aliphatic rings. The topological polar surface area (TPSA) is 174 Å². The molecule has 2 unspecified atom stereocenters. The summed E-state index contributed by atoms with van der Waals surface area (Å²) in [5.74, 6) is 1.11. The van der Waals surface area contributed by atoms with E-state index < -0.39 is 0 Å². The summed E-state index contributed by atoms with van der Waals surface area (Å²) in [6.07, 6.45) is 3.56. The van der Waals surface area contributed by atoms with Gasteiger partial charge in [0.25, 0.3) is 11.8 Å². The number of rotatable bonds is 18. The second-order valence-corrected chi connectivity index (χ2v) is 20.9. The van der Waals surface area contributed by atoms with Gasteiger partial charge in [0.1, 0.15) is 13.2 Å². The quantitative estimate of drug-likeness (QED) is 0.0615. The SMILES string of the molecule is COc1cc2c(cc1OCc1cc(COc3cc4c(cc3OC)C(=O)N3c5ccccc5C[C@H]3CN4)cc(NC(=O)CCC(C)SSC(C)CCC(N)=O)c1)NC[C@@H]1Cc3ccccc3N1C2=O. The van der Waals surface area contributed by atoms with Crippen LogP contribution in [0.15, 0.2) is 91.0 Å². The van der Waals surface area contributed by atoms with Gasteiger partial charge < -0.3 is 50.4 Å². The molecule has 16 heteroatoms. The molecule has 68 heavy (non-hydrogen) atoms. The minimum Gasteiger partial charge on any atom is -0.493 e. The Bertz CT molecular complexity index is 2600. The Balaban J connectivity index is 0.932. The number of ether oxygens (including phenoxy) is 4. The zero-order valence-corrected chi connectivity index (χ0v) is 40.2. The molecule has 0 aromatic heterocycles. The third-order valence-electron chi connectivity index (χ3n) is 12.8. The zero-order valence-electron chi connectivity index (χ0n) is 38.6. The molecule has 0 bridgehead atoms. The highest BCUT2D eigenvalue weighted by atomic mass is 33.1. The monoisotopic (exact) mass is 956 g/mol. The van der Waals surface area contributed by atoms with Gasteiger partial charge in [0.05, 0.1) is 48.8 Å². The van der Waals surface area contributed by atoms with Gasteiger partial charge in [-0.3, -0.25) is 19.2 Å². The first-order valence-electron chi connectivity index (χ1n) is 23.0. The van der Waals surface area contributed by atoms with Gasteiger partial charge in [-0.1, -0.05) is 71.8 Å². The Morgan fingerprint density at radius 3 is 1.62 bits per heavy atom. The molecule has 5 N–H and O–H groups in total. The van der Waals surface area contributed by atoms with Crippen LogP contribution in [0.4, 0.5) is 28.4 Å². The smallest absolute Gasteiger partial charge is 0.260 e. The molecule has 4 amide bonds. The maximum atomic E-state index is 14.1. The number of hydrogen-bond donors (Lipinski definition) is 4. The van der Waals surface area contributed by atoms with Crippen molar-refractivity contribution < 1.29 is 38.1 Å². The van der Waals surface area contributed by atoms with E-state index in [1.807, 2.05) is 76.5 Å². The van der Waals surface area contributed by atoms with E-state index in [4.69, 9.17) is 24.7 Å². The van der Waals surface area contributed by atoms with Crippen LogP contribution in [0, 0.1) is 0 Å². The highest BCUT2D eigenvalue weighted by Crippen LogP contribution is 2.43. The summed E-state index contributed by atoms with van der Waals surface area (Å²) in [4.78, 5) is 56.6. The van der Waals surface area contributed by atoms with Crippen molar-refractivity contribution in [3.63, 3.8) is 0 Å². The molecule has 0 aliphatic carbocycles. The summed E-state index contributed by atoms with van der Waals surface area (Å²) < 4.78 is 24.6. The Labute approximate surface area is 404 Å². The molecular weight excluding hydrogens is 901 g/mol. The third-order valence-corrected chi connectivity index (χ3v) is 16.3. The van der Waals surface area contributed by atoms with Crippen LogP contribution in [0.3, 0.4) is 0 Å². The highest BCUT2D eigenvalue weighted by Gasteiger charge is 2.39. The molecule has 4 aliphatic heterocycles. The zero-order chi connectivity index (χ0) is 47.5. The van der Waals surface area contributed by atoms with E-state index in [-0.39, 0.29) is 59.4 Å². The maximum Gasteiger partial charge on any atom is 0.260 e. The van der Waals surface area contributed by atoms with Crippen molar-refractivity contribution >= 4 is 73.7 Å². The van der Waals surface area contributed by atoms with Gasteiger partial charge in [-0.2, -0.15) is 0 Å². The minimum atomic E-state index is -0.301. The number of benzene rings is 5. The van der Waals surface area contributed by atoms with Crippen molar-refractivity contribution in [2.75, 3.05) is 53.1 Å². The van der Waals surface area contributed by atoms with E-state index in [1.54, 1.807) is 47.9 Å². The van der Waals surface area contributed by atoms with Crippen molar-refractivity contribution in [3.05, 3.63) is 124 Å². The number of hydrogen-bond acceptors (Lipinski definition) is 12. The summed E-state index contributed by atoms with van der Waals surface area (Å²) in [6, 6.07) is 28.8. The number of fused-ring (bicyclic) bond motifs is 8.